The van der Waals surface area contributed by atoms with E-state index in [2.05, 4.69) is 36.5 Å². The number of rotatable bonds is 3. The van der Waals surface area contributed by atoms with Gasteiger partial charge in [-0.3, -0.25) is 4.79 Å². The third-order valence-electron chi connectivity index (χ3n) is 4.40. The monoisotopic (exact) mass is 279 g/mol. The van der Waals surface area contributed by atoms with E-state index in [1.54, 1.807) is 0 Å². The quantitative estimate of drug-likeness (QED) is 0.918. The number of carbonyl (C=O) groups excluding carboxylic acids is 1. The van der Waals surface area contributed by atoms with E-state index in [0.717, 1.165) is 6.42 Å². The molecule has 1 saturated heterocycles. The maximum atomic E-state index is 12.6. The first-order valence-electron chi connectivity index (χ1n) is 7.68. The number of Topliss-reactive ketones (excluding diaryl/α,β-unsaturated/α-hetero) is 1. The lowest BCUT2D eigenvalue weighted by Crippen LogP contribution is -2.42. The third kappa shape index (κ3) is 2.91. The highest BCUT2D eigenvalue weighted by Gasteiger charge is 2.36. The van der Waals surface area contributed by atoms with Gasteiger partial charge in [-0.1, -0.05) is 67.6 Å². The number of ketones is 1. The van der Waals surface area contributed by atoms with Gasteiger partial charge in [-0.15, -0.1) is 0 Å². The zero-order chi connectivity index (χ0) is 14.7. The first-order chi connectivity index (χ1) is 10.3. The molecule has 0 amide bonds. The summed E-state index contributed by atoms with van der Waals surface area (Å²) in [5.41, 5.74) is 2.40. The highest BCUT2D eigenvalue weighted by atomic mass is 16.1. The Morgan fingerprint density at radius 1 is 0.952 bits per heavy atom. The van der Waals surface area contributed by atoms with Gasteiger partial charge in [0.2, 0.25) is 0 Å². The second-order valence-corrected chi connectivity index (χ2v) is 5.70. The minimum absolute atomic E-state index is 0.0763. The third-order valence-corrected chi connectivity index (χ3v) is 4.40. The number of hydrogen-bond donors (Lipinski definition) is 1. The van der Waals surface area contributed by atoms with Gasteiger partial charge in [0, 0.05) is 24.4 Å². The molecule has 1 fully saturated rings. The van der Waals surface area contributed by atoms with Crippen LogP contribution in [0.2, 0.25) is 0 Å². The molecule has 2 nitrogen and oxygen atoms in total. The number of nitrogens with one attached hydrogen (secondary N) is 1. The first kappa shape index (κ1) is 14.0. The summed E-state index contributed by atoms with van der Waals surface area (Å²) in [5, 5.41) is 3.70. The molecule has 0 aromatic heterocycles. The van der Waals surface area contributed by atoms with Gasteiger partial charge in [-0.25, -0.2) is 0 Å². The lowest BCUT2D eigenvalue weighted by Gasteiger charge is -2.36. The zero-order valence-electron chi connectivity index (χ0n) is 12.3. The standard InChI is InChI=1S/C19H21NO/c1-2-16-18(21)13-17(14-9-5-3-6-10-14)20-19(16)15-11-7-4-8-12-15/h3-12,16-17,19-20H,2,13H2,1H3/t16-,17-,19-/m1/s1. The molecule has 0 radical (unpaired) electrons. The van der Waals surface area contributed by atoms with Crippen LogP contribution in [0.15, 0.2) is 60.7 Å². The molecule has 0 aliphatic carbocycles. The van der Waals surface area contributed by atoms with E-state index in [9.17, 15) is 4.79 Å². The molecule has 108 valence electrons. The van der Waals surface area contributed by atoms with Crippen molar-refractivity contribution in [1.29, 1.82) is 0 Å². The van der Waals surface area contributed by atoms with Crippen LogP contribution < -0.4 is 5.32 Å². The van der Waals surface area contributed by atoms with E-state index in [0.29, 0.717) is 12.2 Å². The minimum atomic E-state index is 0.0763. The van der Waals surface area contributed by atoms with Crippen molar-refractivity contribution < 1.29 is 4.79 Å². The fourth-order valence-electron chi connectivity index (χ4n) is 3.28. The Labute approximate surface area is 126 Å². The molecule has 21 heavy (non-hydrogen) atoms. The van der Waals surface area contributed by atoms with Gasteiger partial charge >= 0.3 is 0 Å². The number of carbonyl (C=O) groups is 1. The van der Waals surface area contributed by atoms with Crippen molar-refractivity contribution in [1.82, 2.24) is 5.32 Å². The SMILES string of the molecule is CC[C@@H]1C(=O)C[C@H](c2ccccc2)N[C@@H]1c1ccccc1. The fraction of sp³-hybridized carbons (Fsp3) is 0.316. The van der Waals surface area contributed by atoms with Gasteiger partial charge in [0.1, 0.15) is 5.78 Å². The number of hydrogen-bond acceptors (Lipinski definition) is 2. The topological polar surface area (TPSA) is 29.1 Å². The molecule has 1 heterocycles. The maximum absolute atomic E-state index is 12.6. The molecular formula is C19H21NO. The van der Waals surface area contributed by atoms with Crippen molar-refractivity contribution in [2.24, 2.45) is 5.92 Å². The van der Waals surface area contributed by atoms with Crippen molar-refractivity contribution in [2.75, 3.05) is 0 Å². The molecule has 2 aromatic rings. The largest absolute Gasteiger partial charge is 0.302 e. The van der Waals surface area contributed by atoms with E-state index in [1.165, 1.54) is 11.1 Å². The predicted octanol–water partition coefficient (Wildman–Crippen LogP) is 4.06. The molecule has 1 N–H and O–H groups in total. The molecule has 2 heteroatoms. The second-order valence-electron chi connectivity index (χ2n) is 5.70. The molecule has 3 rings (SSSR count). The molecule has 1 aliphatic rings. The minimum Gasteiger partial charge on any atom is -0.302 e. The van der Waals surface area contributed by atoms with Crippen molar-refractivity contribution in [3.8, 4) is 0 Å². The van der Waals surface area contributed by atoms with Gasteiger partial charge in [-0.2, -0.15) is 0 Å². The lowest BCUT2D eigenvalue weighted by atomic mass is 9.79. The lowest BCUT2D eigenvalue weighted by molar-refractivity contribution is -0.126. The Balaban J connectivity index is 1.91. The van der Waals surface area contributed by atoms with Crippen LogP contribution in [0.3, 0.4) is 0 Å². The zero-order valence-corrected chi connectivity index (χ0v) is 12.3. The van der Waals surface area contributed by atoms with E-state index < -0.39 is 0 Å². The molecule has 0 saturated carbocycles. The van der Waals surface area contributed by atoms with Crippen LogP contribution in [0, 0.1) is 5.92 Å². The van der Waals surface area contributed by atoms with Crippen LogP contribution in [-0.2, 0) is 4.79 Å². The Hall–Kier alpha value is -1.93. The molecule has 2 aromatic carbocycles. The molecule has 0 bridgehead atoms. The number of benzene rings is 2. The number of piperidine rings is 1. The van der Waals surface area contributed by atoms with Crippen LogP contribution in [0.25, 0.3) is 0 Å². The first-order valence-corrected chi connectivity index (χ1v) is 7.68. The van der Waals surface area contributed by atoms with E-state index in [-0.39, 0.29) is 18.0 Å². The van der Waals surface area contributed by atoms with Gasteiger partial charge in [0.05, 0.1) is 0 Å². The summed E-state index contributed by atoms with van der Waals surface area (Å²) < 4.78 is 0. The van der Waals surface area contributed by atoms with Crippen LogP contribution in [0.4, 0.5) is 0 Å². The van der Waals surface area contributed by atoms with Crippen molar-refractivity contribution in [2.45, 2.75) is 31.8 Å². The van der Waals surface area contributed by atoms with E-state index in [4.69, 9.17) is 0 Å². The molecule has 3 atom stereocenters. The molecule has 1 aliphatic heterocycles. The smallest absolute Gasteiger partial charge is 0.139 e. The summed E-state index contributed by atoms with van der Waals surface area (Å²) in [5.74, 6) is 0.450. The fourth-order valence-corrected chi connectivity index (χ4v) is 3.28. The summed E-state index contributed by atoms with van der Waals surface area (Å²) in [6, 6.07) is 20.8. The van der Waals surface area contributed by atoms with Crippen LogP contribution in [0.5, 0.6) is 0 Å². The second kappa shape index (κ2) is 6.23. The van der Waals surface area contributed by atoms with E-state index in [1.807, 2.05) is 36.4 Å². The maximum Gasteiger partial charge on any atom is 0.139 e. The summed E-state index contributed by atoms with van der Waals surface area (Å²) in [7, 11) is 0. The van der Waals surface area contributed by atoms with Crippen LogP contribution >= 0.6 is 0 Å². The van der Waals surface area contributed by atoms with Gasteiger partial charge in [-0.05, 0) is 17.5 Å². The van der Waals surface area contributed by atoms with Crippen molar-refractivity contribution in [3.05, 3.63) is 71.8 Å². The summed E-state index contributed by atoms with van der Waals surface area (Å²) in [4.78, 5) is 12.6. The Bertz CT molecular complexity index is 593. The van der Waals surface area contributed by atoms with Crippen molar-refractivity contribution >= 4 is 5.78 Å². The Morgan fingerprint density at radius 3 is 2.10 bits per heavy atom. The average Bonchev–Trinajstić information content (AvgIpc) is 2.55. The van der Waals surface area contributed by atoms with Crippen LogP contribution in [0.1, 0.15) is 43.0 Å². The average molecular weight is 279 g/mol. The molecule has 0 spiro atoms. The van der Waals surface area contributed by atoms with Crippen molar-refractivity contribution in [3.63, 3.8) is 0 Å². The highest BCUT2D eigenvalue weighted by molar-refractivity contribution is 5.83. The van der Waals surface area contributed by atoms with Gasteiger partial charge in [0.15, 0.2) is 0 Å². The van der Waals surface area contributed by atoms with Gasteiger partial charge < -0.3 is 5.32 Å². The van der Waals surface area contributed by atoms with E-state index >= 15 is 0 Å². The summed E-state index contributed by atoms with van der Waals surface area (Å²) >= 11 is 0. The summed E-state index contributed by atoms with van der Waals surface area (Å²) in [6.45, 7) is 2.10. The predicted molar refractivity (Wildman–Crippen MR) is 84.9 cm³/mol. The van der Waals surface area contributed by atoms with Crippen LogP contribution in [-0.4, -0.2) is 5.78 Å². The summed E-state index contributed by atoms with van der Waals surface area (Å²) in [6.07, 6.45) is 1.47. The normalized spacial score (nSPS) is 25.8. The Morgan fingerprint density at radius 2 is 1.52 bits per heavy atom. The highest BCUT2D eigenvalue weighted by Crippen LogP contribution is 2.36. The van der Waals surface area contributed by atoms with Gasteiger partial charge in [0.25, 0.3) is 0 Å². The molecule has 0 unspecified atom stereocenters. The Kier molecular flexibility index (Phi) is 4.16. The molecular weight excluding hydrogens is 258 g/mol.